The van der Waals surface area contributed by atoms with Gasteiger partial charge in [-0.3, -0.25) is 20.4 Å². The lowest BCUT2D eigenvalue weighted by atomic mass is 10.1. The molecular weight excluding hydrogens is 648 g/mol. The second-order valence-corrected chi connectivity index (χ2v) is 10.8. The summed E-state index contributed by atoms with van der Waals surface area (Å²) in [6, 6.07) is 7.56. The van der Waals surface area contributed by atoms with E-state index >= 15 is 0 Å². The van der Waals surface area contributed by atoms with Crippen molar-refractivity contribution in [3.05, 3.63) is 44.3 Å². The van der Waals surface area contributed by atoms with Gasteiger partial charge in [-0.1, -0.05) is 25.7 Å². The highest BCUT2D eigenvalue weighted by molar-refractivity contribution is 9.11. The van der Waals surface area contributed by atoms with Gasteiger partial charge in [0.15, 0.2) is 23.0 Å². The number of halogens is 2. The van der Waals surface area contributed by atoms with Crippen molar-refractivity contribution in [3.63, 3.8) is 0 Å². The number of ether oxygens (including phenoxy) is 4. The lowest BCUT2D eigenvalue weighted by Gasteiger charge is -2.13. The maximum atomic E-state index is 12.1. The molecule has 0 fully saturated rings. The molecule has 0 atom stereocenters. The van der Waals surface area contributed by atoms with Gasteiger partial charge in [-0.15, -0.1) is 0 Å². The Kier molecular flexibility index (Phi) is 15.8. The van der Waals surface area contributed by atoms with Crippen LogP contribution in [0.1, 0.15) is 62.5 Å². The number of benzene rings is 2. The molecule has 0 saturated carbocycles. The Bertz CT molecular complexity index is 1020. The van der Waals surface area contributed by atoms with Crippen LogP contribution in [-0.2, 0) is 22.7 Å². The first kappa shape index (κ1) is 33.7. The van der Waals surface area contributed by atoms with Gasteiger partial charge < -0.3 is 18.9 Å². The topological polar surface area (TPSA) is 119 Å². The number of hydrogen-bond donors (Lipinski definition) is 4. The maximum absolute atomic E-state index is 12.1. The van der Waals surface area contributed by atoms with Crippen LogP contribution in [0.4, 0.5) is 0 Å². The summed E-state index contributed by atoms with van der Waals surface area (Å²) in [7, 11) is 6.34. The first-order chi connectivity index (χ1) is 19.3. The van der Waals surface area contributed by atoms with Gasteiger partial charge in [0, 0.05) is 25.9 Å². The minimum atomic E-state index is -0.0378. The Balaban J connectivity index is 1.49. The van der Waals surface area contributed by atoms with Crippen LogP contribution in [0.15, 0.2) is 33.2 Å². The van der Waals surface area contributed by atoms with Gasteiger partial charge in [-0.2, -0.15) is 0 Å². The van der Waals surface area contributed by atoms with Crippen molar-refractivity contribution >= 4 is 43.7 Å². The Hall–Kier alpha value is -2.54. The Morgan fingerprint density at radius 2 is 0.975 bits per heavy atom. The fraction of sp³-hybridized carbons (Fsp3) is 0.500. The predicted octanol–water partition coefficient (Wildman–Crippen LogP) is 5.31. The highest BCUT2D eigenvalue weighted by atomic mass is 79.9. The van der Waals surface area contributed by atoms with Crippen molar-refractivity contribution in [1.29, 1.82) is 0 Å². The van der Waals surface area contributed by atoms with Crippen LogP contribution in [0.3, 0.4) is 0 Å². The fourth-order valence-electron chi connectivity index (χ4n) is 4.04. The molecule has 12 heteroatoms. The van der Waals surface area contributed by atoms with Gasteiger partial charge in [0.25, 0.3) is 0 Å². The molecule has 0 aliphatic heterocycles. The van der Waals surface area contributed by atoms with Crippen LogP contribution < -0.4 is 40.7 Å². The SMILES string of the molecule is COc1cc(CNNC(=O)CCCCCCCCC(=O)NNCc2cc(Br)c(OC)c(OC)c2)cc(Br)c1OC. The third-order valence-electron chi connectivity index (χ3n) is 6.09. The van der Waals surface area contributed by atoms with Gasteiger partial charge in [-0.05, 0) is 80.1 Å². The molecular formula is C28H40Br2N4O6. The van der Waals surface area contributed by atoms with Crippen LogP contribution in [0.25, 0.3) is 0 Å². The molecule has 0 aliphatic rings. The number of hydrazine groups is 2. The van der Waals surface area contributed by atoms with Crippen molar-refractivity contribution in [1.82, 2.24) is 21.7 Å². The third-order valence-corrected chi connectivity index (χ3v) is 7.26. The summed E-state index contributed by atoms with van der Waals surface area (Å²) in [4.78, 5) is 24.2. The van der Waals surface area contributed by atoms with Crippen LogP contribution in [0.5, 0.6) is 23.0 Å². The Morgan fingerprint density at radius 1 is 0.600 bits per heavy atom. The summed E-state index contributed by atoms with van der Waals surface area (Å²) < 4.78 is 22.9. The molecule has 0 radical (unpaired) electrons. The molecule has 0 aromatic heterocycles. The van der Waals surface area contributed by atoms with Crippen molar-refractivity contribution in [2.45, 2.75) is 64.5 Å². The second kappa shape index (κ2) is 18.7. The summed E-state index contributed by atoms with van der Waals surface area (Å²) >= 11 is 6.94. The van der Waals surface area contributed by atoms with E-state index in [4.69, 9.17) is 18.9 Å². The molecule has 2 aromatic rings. The number of methoxy groups -OCH3 is 4. The molecule has 4 N–H and O–H groups in total. The number of carbonyl (C=O) groups excluding carboxylic acids is 2. The van der Waals surface area contributed by atoms with Crippen molar-refractivity contribution < 1.29 is 28.5 Å². The van der Waals surface area contributed by atoms with Gasteiger partial charge in [-0.25, -0.2) is 10.9 Å². The van der Waals surface area contributed by atoms with Crippen LogP contribution in [-0.4, -0.2) is 40.3 Å². The zero-order valence-electron chi connectivity index (χ0n) is 23.6. The van der Waals surface area contributed by atoms with E-state index in [0.717, 1.165) is 58.6 Å². The van der Waals surface area contributed by atoms with Crippen molar-refractivity contribution in [2.24, 2.45) is 0 Å². The average molecular weight is 688 g/mol. The summed E-state index contributed by atoms with van der Waals surface area (Å²) in [6.45, 7) is 0.920. The number of rotatable bonds is 19. The van der Waals surface area contributed by atoms with Crippen LogP contribution in [0, 0.1) is 0 Å². The molecule has 2 aromatic carbocycles. The monoisotopic (exact) mass is 686 g/mol. The van der Waals surface area contributed by atoms with E-state index in [1.165, 1.54) is 0 Å². The van der Waals surface area contributed by atoms with E-state index < -0.39 is 0 Å². The Labute approximate surface area is 253 Å². The third kappa shape index (κ3) is 11.5. The van der Waals surface area contributed by atoms with Crippen LogP contribution >= 0.6 is 31.9 Å². The normalized spacial score (nSPS) is 10.7. The first-order valence-corrected chi connectivity index (χ1v) is 14.8. The summed E-state index contributed by atoms with van der Waals surface area (Å²) in [5.74, 6) is 2.43. The fourth-order valence-corrected chi connectivity index (χ4v) is 5.34. The summed E-state index contributed by atoms with van der Waals surface area (Å²) in [5.41, 5.74) is 13.3. The predicted molar refractivity (Wildman–Crippen MR) is 161 cm³/mol. The van der Waals surface area contributed by atoms with E-state index in [9.17, 15) is 9.59 Å². The van der Waals surface area contributed by atoms with E-state index in [1.807, 2.05) is 24.3 Å². The summed E-state index contributed by atoms with van der Waals surface area (Å²) in [5, 5.41) is 0. The molecule has 0 aliphatic carbocycles. The number of unbranched alkanes of at least 4 members (excludes halogenated alkanes) is 5. The number of nitrogens with one attached hydrogen (secondary N) is 4. The number of carbonyl (C=O) groups is 2. The van der Waals surface area contributed by atoms with Crippen molar-refractivity contribution in [3.8, 4) is 23.0 Å². The molecule has 40 heavy (non-hydrogen) atoms. The van der Waals surface area contributed by atoms with E-state index in [-0.39, 0.29) is 11.8 Å². The zero-order chi connectivity index (χ0) is 29.3. The standard InChI is InChI=1S/C28H40Br2N4O6/c1-37-23-15-19(13-21(29)27(23)39-3)17-31-33-25(35)11-9-7-5-6-8-10-12-26(36)34-32-18-20-14-22(30)28(40-4)24(16-20)38-2/h13-16,31-32H,5-12,17-18H2,1-4H3,(H,33,35)(H,34,36). The highest BCUT2D eigenvalue weighted by Gasteiger charge is 2.12. The minimum Gasteiger partial charge on any atom is -0.493 e. The van der Waals surface area contributed by atoms with E-state index in [1.54, 1.807) is 28.4 Å². The van der Waals surface area contributed by atoms with Gasteiger partial charge in [0.1, 0.15) is 0 Å². The van der Waals surface area contributed by atoms with Gasteiger partial charge in [0.2, 0.25) is 11.8 Å². The quantitative estimate of drug-likeness (QED) is 0.116. The lowest BCUT2D eigenvalue weighted by Crippen LogP contribution is -2.36. The number of amides is 2. The average Bonchev–Trinajstić information content (AvgIpc) is 2.93. The van der Waals surface area contributed by atoms with E-state index in [2.05, 4.69) is 53.6 Å². The second-order valence-electron chi connectivity index (χ2n) is 9.05. The molecule has 0 bridgehead atoms. The zero-order valence-corrected chi connectivity index (χ0v) is 26.8. The maximum Gasteiger partial charge on any atom is 0.234 e. The molecule has 2 rings (SSSR count). The smallest absolute Gasteiger partial charge is 0.234 e. The number of hydrogen-bond acceptors (Lipinski definition) is 8. The largest absolute Gasteiger partial charge is 0.493 e. The van der Waals surface area contributed by atoms with Gasteiger partial charge in [0.05, 0.1) is 37.4 Å². The molecule has 0 saturated heterocycles. The molecule has 2 amide bonds. The van der Waals surface area contributed by atoms with Gasteiger partial charge >= 0.3 is 0 Å². The van der Waals surface area contributed by atoms with E-state index in [0.29, 0.717) is 48.9 Å². The molecule has 0 unspecified atom stereocenters. The molecule has 222 valence electrons. The Morgan fingerprint density at radius 3 is 1.32 bits per heavy atom. The highest BCUT2D eigenvalue weighted by Crippen LogP contribution is 2.37. The van der Waals surface area contributed by atoms with Crippen LogP contribution in [0.2, 0.25) is 0 Å². The summed E-state index contributed by atoms with van der Waals surface area (Å²) in [6.07, 6.45) is 6.61. The van der Waals surface area contributed by atoms with Crippen molar-refractivity contribution in [2.75, 3.05) is 28.4 Å². The minimum absolute atomic E-state index is 0.0378. The molecule has 0 heterocycles. The first-order valence-electron chi connectivity index (χ1n) is 13.2. The molecule has 10 nitrogen and oxygen atoms in total. The molecule has 0 spiro atoms. The lowest BCUT2D eigenvalue weighted by molar-refractivity contribution is -0.123.